The third-order valence-corrected chi connectivity index (χ3v) is 3.32. The molecule has 2 aromatic rings. The molecule has 2 N–H and O–H groups in total. The van der Waals surface area contributed by atoms with Crippen LogP contribution in [0.2, 0.25) is 10.0 Å². The van der Waals surface area contributed by atoms with E-state index in [1.165, 1.54) is 6.20 Å². The zero-order chi connectivity index (χ0) is 20.2. The van der Waals surface area contributed by atoms with Crippen LogP contribution in [-0.2, 0) is 0 Å². The predicted molar refractivity (Wildman–Crippen MR) is 88.1 cm³/mol. The Kier molecular flexibility index (Phi) is 5.90. The Morgan fingerprint density at radius 2 is 1.89 bits per heavy atom. The summed E-state index contributed by atoms with van der Waals surface area (Å²) >= 11 is 11.9. The van der Waals surface area contributed by atoms with Gasteiger partial charge in [0.15, 0.2) is 5.70 Å². The van der Waals surface area contributed by atoms with E-state index in [0.29, 0.717) is 0 Å². The van der Waals surface area contributed by atoms with E-state index in [4.69, 9.17) is 39.5 Å². The number of aliphatic imine (C=N–C) groups is 1. The first-order chi connectivity index (χ1) is 12.6. The second-order valence-electron chi connectivity index (χ2n) is 4.59. The first kappa shape index (κ1) is 20.0. The highest BCUT2D eigenvalue weighted by molar-refractivity contribution is 6.38. The molecular formula is C14H6Cl2F3N7O. The van der Waals surface area contributed by atoms with E-state index in [2.05, 4.69) is 19.9 Å². The second kappa shape index (κ2) is 7.95. The van der Waals surface area contributed by atoms with Crippen LogP contribution in [0.15, 0.2) is 34.7 Å². The molecule has 0 spiro atoms. The number of alkyl halides is 3. The predicted octanol–water partition coefficient (Wildman–Crippen LogP) is 3.11. The van der Waals surface area contributed by atoms with Gasteiger partial charge in [0.1, 0.15) is 35.0 Å². The molecule has 0 fully saturated rings. The van der Waals surface area contributed by atoms with Crippen molar-refractivity contribution in [3.8, 4) is 23.6 Å². The van der Waals surface area contributed by atoms with Gasteiger partial charge >= 0.3 is 6.36 Å². The molecule has 0 aliphatic rings. The van der Waals surface area contributed by atoms with E-state index in [9.17, 15) is 13.2 Å². The Bertz CT molecular complexity index is 992. The van der Waals surface area contributed by atoms with Crippen molar-refractivity contribution in [2.75, 3.05) is 0 Å². The van der Waals surface area contributed by atoms with Crippen LogP contribution in [0, 0.1) is 22.7 Å². The Balaban J connectivity index is 2.34. The Labute approximate surface area is 159 Å². The second-order valence-corrected chi connectivity index (χ2v) is 5.40. The lowest BCUT2D eigenvalue weighted by Gasteiger charge is -2.11. The minimum Gasteiger partial charge on any atom is -0.406 e. The van der Waals surface area contributed by atoms with Crippen LogP contribution in [0.5, 0.6) is 5.75 Å². The molecule has 0 aliphatic heterocycles. The molecule has 1 aromatic heterocycles. The Hall–Kier alpha value is -3.28. The average Bonchev–Trinajstić information content (AvgIpc) is 3.01. The minimum atomic E-state index is -4.90. The maximum Gasteiger partial charge on any atom is 0.573 e. The highest BCUT2D eigenvalue weighted by Crippen LogP contribution is 2.34. The third-order valence-electron chi connectivity index (χ3n) is 2.74. The smallest absolute Gasteiger partial charge is 0.406 e. The lowest BCUT2D eigenvalue weighted by Crippen LogP contribution is -2.17. The molecule has 138 valence electrons. The van der Waals surface area contributed by atoms with E-state index in [-0.39, 0.29) is 32.8 Å². The summed E-state index contributed by atoms with van der Waals surface area (Å²) in [6.45, 7) is 0. The number of hydrogen-bond acceptors (Lipinski definition) is 7. The number of benzene rings is 1. The monoisotopic (exact) mass is 415 g/mol. The van der Waals surface area contributed by atoms with Gasteiger partial charge < -0.3 is 10.5 Å². The van der Waals surface area contributed by atoms with Crippen molar-refractivity contribution in [1.29, 1.82) is 10.5 Å². The summed E-state index contributed by atoms with van der Waals surface area (Å²) in [5, 5.41) is 24.9. The van der Waals surface area contributed by atoms with Gasteiger partial charge in [-0.1, -0.05) is 23.2 Å². The lowest BCUT2D eigenvalue weighted by molar-refractivity contribution is -0.274. The van der Waals surface area contributed by atoms with Crippen molar-refractivity contribution in [3.05, 3.63) is 45.5 Å². The molecule has 1 heterocycles. The molecule has 13 heteroatoms. The molecule has 27 heavy (non-hydrogen) atoms. The summed E-state index contributed by atoms with van der Waals surface area (Å²) in [4.78, 5) is 4.66. The van der Waals surface area contributed by atoms with Crippen LogP contribution < -0.4 is 10.5 Å². The van der Waals surface area contributed by atoms with Gasteiger partial charge in [-0.15, -0.1) is 23.1 Å². The van der Waals surface area contributed by atoms with Gasteiger partial charge in [0.2, 0.25) is 0 Å². The van der Waals surface area contributed by atoms with Crippen LogP contribution >= 0.6 is 23.2 Å². The lowest BCUT2D eigenvalue weighted by atomic mass is 10.3. The van der Waals surface area contributed by atoms with Crippen LogP contribution in [-0.4, -0.2) is 27.6 Å². The summed E-state index contributed by atoms with van der Waals surface area (Å²) in [6.07, 6.45) is -2.58. The number of hydrogen-bond donors (Lipinski definition) is 1. The summed E-state index contributed by atoms with van der Waals surface area (Å²) in [5.74, 6) is -0.606. The Morgan fingerprint density at radius 1 is 1.26 bits per heavy atom. The number of nitrogens with zero attached hydrogens (tertiary/aromatic N) is 6. The molecule has 0 saturated heterocycles. The molecule has 1 aromatic carbocycles. The highest BCUT2D eigenvalue weighted by Gasteiger charge is 2.31. The number of ether oxygens (including phenoxy) is 1. The highest BCUT2D eigenvalue weighted by atomic mass is 35.5. The fraction of sp³-hybridized carbons (Fsp3) is 0.0714. The van der Waals surface area contributed by atoms with Crippen LogP contribution in [0.25, 0.3) is 5.69 Å². The normalized spacial score (nSPS) is 12.4. The maximum absolute atomic E-state index is 12.3. The van der Waals surface area contributed by atoms with E-state index in [0.717, 1.165) is 23.1 Å². The number of nitriles is 2. The average molecular weight is 416 g/mol. The van der Waals surface area contributed by atoms with E-state index < -0.39 is 12.1 Å². The Morgan fingerprint density at radius 3 is 2.41 bits per heavy atom. The molecule has 0 atom stereocenters. The van der Waals surface area contributed by atoms with Gasteiger partial charge in [0.25, 0.3) is 0 Å². The number of halogens is 5. The first-order valence-electron chi connectivity index (χ1n) is 6.66. The van der Waals surface area contributed by atoms with Gasteiger partial charge in [0.05, 0.1) is 22.5 Å². The van der Waals surface area contributed by atoms with Crippen LogP contribution in [0.3, 0.4) is 0 Å². The van der Waals surface area contributed by atoms with Gasteiger partial charge in [-0.2, -0.15) is 15.6 Å². The van der Waals surface area contributed by atoms with Gasteiger partial charge in [0, 0.05) is 12.1 Å². The van der Waals surface area contributed by atoms with Gasteiger partial charge in [-0.05, 0) is 0 Å². The number of aromatic nitrogens is 3. The summed E-state index contributed by atoms with van der Waals surface area (Å²) in [6, 6.07) is 5.01. The zero-order valence-corrected chi connectivity index (χ0v) is 14.4. The van der Waals surface area contributed by atoms with Crippen molar-refractivity contribution in [1.82, 2.24) is 15.0 Å². The molecular weight excluding hydrogens is 410 g/mol. The number of allylic oxidation sites excluding steroid dienone is 2. The molecule has 0 radical (unpaired) electrons. The van der Waals surface area contributed by atoms with E-state index in [1.54, 1.807) is 12.1 Å². The molecule has 0 unspecified atom stereocenters. The minimum absolute atomic E-state index is 0.0000883. The number of nitrogens with two attached hydrogens (primary N) is 1. The quantitative estimate of drug-likeness (QED) is 0.603. The first-order valence-corrected chi connectivity index (χ1v) is 7.41. The van der Waals surface area contributed by atoms with Crippen LogP contribution in [0.4, 0.5) is 13.2 Å². The van der Waals surface area contributed by atoms with Crippen molar-refractivity contribution in [2.45, 2.75) is 6.36 Å². The molecule has 0 saturated carbocycles. The van der Waals surface area contributed by atoms with E-state index >= 15 is 0 Å². The number of rotatable bonds is 4. The van der Waals surface area contributed by atoms with Crippen molar-refractivity contribution in [2.24, 2.45) is 10.7 Å². The molecule has 0 amide bonds. The molecule has 8 nitrogen and oxygen atoms in total. The largest absolute Gasteiger partial charge is 0.573 e. The van der Waals surface area contributed by atoms with Crippen molar-refractivity contribution < 1.29 is 17.9 Å². The molecule has 2 rings (SSSR count). The maximum atomic E-state index is 12.3. The third kappa shape index (κ3) is 5.10. The van der Waals surface area contributed by atoms with Crippen LogP contribution in [0.1, 0.15) is 5.69 Å². The summed E-state index contributed by atoms with van der Waals surface area (Å²) in [5.41, 5.74) is 4.73. The topological polar surface area (TPSA) is 126 Å². The summed E-state index contributed by atoms with van der Waals surface area (Å²) < 4.78 is 40.6. The zero-order valence-electron chi connectivity index (χ0n) is 12.9. The molecule has 0 aliphatic carbocycles. The van der Waals surface area contributed by atoms with Gasteiger partial charge in [-0.25, -0.2) is 4.99 Å². The van der Waals surface area contributed by atoms with E-state index in [1.807, 2.05) is 0 Å². The van der Waals surface area contributed by atoms with Crippen molar-refractivity contribution >= 4 is 29.4 Å². The molecule has 0 bridgehead atoms. The van der Waals surface area contributed by atoms with Gasteiger partial charge in [-0.3, -0.25) is 0 Å². The summed E-state index contributed by atoms with van der Waals surface area (Å²) in [7, 11) is 0. The van der Waals surface area contributed by atoms with Crippen molar-refractivity contribution in [3.63, 3.8) is 0 Å². The SMILES string of the molecule is N#C/C(N)=C(\C#N)N=Cc1cnn(-c2c(Cl)cc(OC(F)(F)F)cc2Cl)n1. The fourth-order valence-electron chi connectivity index (χ4n) is 1.71. The fourth-order valence-corrected chi connectivity index (χ4v) is 2.33. The standard InChI is InChI=1S/C14H6Cl2F3N7O/c15-9-1-8(27-14(17,18)19)2-10(16)13(9)26-24-6-7(25-26)5-23-12(4-21)11(22)3-20/h1-2,5-6H,22H2/b12-11-,23-5?.